The minimum atomic E-state index is -3.55. The number of nitrogens with one attached hydrogen (secondary N) is 1. The molecule has 0 aliphatic carbocycles. The van der Waals surface area contributed by atoms with Crippen molar-refractivity contribution < 1.29 is 17.9 Å². The largest absolute Gasteiger partial charge is 0.497 e. The lowest BCUT2D eigenvalue weighted by Gasteiger charge is -2.22. The van der Waals surface area contributed by atoms with Gasteiger partial charge in [0.15, 0.2) is 0 Å². The normalized spacial score (nSPS) is 11.7. The molecule has 0 aliphatic rings. The zero-order valence-corrected chi connectivity index (χ0v) is 19.3. The number of unbranched alkanes of at least 4 members (excludes halogenated alkanes) is 2. The minimum Gasteiger partial charge on any atom is -0.497 e. The van der Waals surface area contributed by atoms with Crippen LogP contribution in [0.2, 0.25) is 0 Å². The molecule has 1 N–H and O–H groups in total. The van der Waals surface area contributed by atoms with Crippen molar-refractivity contribution in [2.24, 2.45) is 0 Å². The van der Waals surface area contributed by atoms with Crippen LogP contribution in [0.25, 0.3) is 6.08 Å². The Hall–Kier alpha value is -2.64. The predicted octanol–water partition coefficient (Wildman–Crippen LogP) is 4.94. The van der Waals surface area contributed by atoms with Crippen LogP contribution in [0.1, 0.15) is 45.1 Å². The Balaban J connectivity index is 2.03. The minimum absolute atomic E-state index is 0.242. The van der Waals surface area contributed by atoms with Gasteiger partial charge in [-0.3, -0.25) is 4.79 Å². The van der Waals surface area contributed by atoms with E-state index in [4.69, 9.17) is 4.74 Å². The molecule has 0 aliphatic heterocycles. The van der Waals surface area contributed by atoms with Crippen LogP contribution in [0.4, 0.5) is 5.69 Å². The van der Waals surface area contributed by atoms with E-state index in [1.54, 1.807) is 41.8 Å². The summed E-state index contributed by atoms with van der Waals surface area (Å²) in [5, 5.41) is 2.75. The number of ether oxygens (including phenoxy) is 1. The standard InChI is InChI=1S/C24H32N2O4S/c1-4-6-18-26(19-7-5-2)31(28,29)23-15-11-21(12-16-23)25-24(27)17-10-20-8-13-22(30-3)14-9-20/h8-17H,4-7,18-19H2,1-3H3,(H,25,27). The Kier molecular flexibility index (Phi) is 9.75. The van der Waals surface area contributed by atoms with Gasteiger partial charge in [0.2, 0.25) is 15.9 Å². The van der Waals surface area contributed by atoms with E-state index in [1.807, 2.05) is 38.1 Å². The second kappa shape index (κ2) is 12.3. The van der Waals surface area contributed by atoms with Crippen LogP contribution < -0.4 is 10.1 Å². The third-order valence-electron chi connectivity index (χ3n) is 4.82. The molecule has 2 aromatic carbocycles. The number of methoxy groups -OCH3 is 1. The van der Waals surface area contributed by atoms with Crippen LogP contribution in [-0.2, 0) is 14.8 Å². The van der Waals surface area contributed by atoms with Crippen LogP contribution >= 0.6 is 0 Å². The zero-order valence-electron chi connectivity index (χ0n) is 18.5. The van der Waals surface area contributed by atoms with Crippen molar-refractivity contribution in [1.82, 2.24) is 4.31 Å². The van der Waals surface area contributed by atoms with Crippen LogP contribution in [0.15, 0.2) is 59.5 Å². The van der Waals surface area contributed by atoms with Crippen molar-refractivity contribution in [1.29, 1.82) is 0 Å². The van der Waals surface area contributed by atoms with Gasteiger partial charge in [-0.15, -0.1) is 0 Å². The Labute approximate surface area is 186 Å². The number of carbonyl (C=O) groups is 1. The number of anilines is 1. The summed E-state index contributed by atoms with van der Waals surface area (Å²) >= 11 is 0. The molecular formula is C24H32N2O4S. The Morgan fingerprint density at radius 2 is 1.55 bits per heavy atom. The number of amides is 1. The van der Waals surface area contributed by atoms with Gasteiger partial charge < -0.3 is 10.1 Å². The lowest BCUT2D eigenvalue weighted by atomic mass is 10.2. The van der Waals surface area contributed by atoms with Crippen molar-refractivity contribution in [2.75, 3.05) is 25.5 Å². The Morgan fingerprint density at radius 3 is 2.06 bits per heavy atom. The van der Waals surface area contributed by atoms with E-state index in [2.05, 4.69) is 5.32 Å². The van der Waals surface area contributed by atoms with Gasteiger partial charge in [0, 0.05) is 24.9 Å². The molecule has 0 aromatic heterocycles. The second-order valence-corrected chi connectivity index (χ2v) is 9.17. The fraction of sp³-hybridized carbons (Fsp3) is 0.375. The smallest absolute Gasteiger partial charge is 0.248 e. The molecule has 168 valence electrons. The Morgan fingerprint density at radius 1 is 0.968 bits per heavy atom. The summed E-state index contributed by atoms with van der Waals surface area (Å²) in [6, 6.07) is 13.7. The van der Waals surface area contributed by atoms with Crippen LogP contribution in [0.5, 0.6) is 5.75 Å². The summed E-state index contributed by atoms with van der Waals surface area (Å²) in [7, 11) is -1.95. The fourth-order valence-corrected chi connectivity index (χ4v) is 4.47. The quantitative estimate of drug-likeness (QED) is 0.471. The number of sulfonamides is 1. The maximum atomic E-state index is 13.0. The molecule has 7 heteroatoms. The number of rotatable bonds is 12. The summed E-state index contributed by atoms with van der Waals surface area (Å²) in [4.78, 5) is 12.4. The van der Waals surface area contributed by atoms with E-state index < -0.39 is 10.0 Å². The number of hydrogen-bond donors (Lipinski definition) is 1. The molecule has 0 fully saturated rings. The first kappa shape index (κ1) is 24.6. The maximum Gasteiger partial charge on any atom is 0.248 e. The van der Waals surface area contributed by atoms with Gasteiger partial charge in [-0.2, -0.15) is 4.31 Å². The van der Waals surface area contributed by atoms with Gasteiger partial charge in [0.25, 0.3) is 0 Å². The number of hydrogen-bond acceptors (Lipinski definition) is 4. The first-order valence-electron chi connectivity index (χ1n) is 10.6. The highest BCUT2D eigenvalue weighted by Gasteiger charge is 2.23. The van der Waals surface area contributed by atoms with E-state index in [0.29, 0.717) is 18.8 Å². The van der Waals surface area contributed by atoms with E-state index in [0.717, 1.165) is 37.0 Å². The molecule has 0 spiro atoms. The molecule has 0 heterocycles. The summed E-state index contributed by atoms with van der Waals surface area (Å²) in [6.07, 6.45) is 6.67. The van der Waals surface area contributed by atoms with Gasteiger partial charge in [-0.05, 0) is 60.9 Å². The number of nitrogens with zero attached hydrogens (tertiary/aromatic N) is 1. The molecule has 31 heavy (non-hydrogen) atoms. The molecule has 6 nitrogen and oxygen atoms in total. The van der Waals surface area contributed by atoms with Crippen LogP contribution in [-0.4, -0.2) is 38.8 Å². The highest BCUT2D eigenvalue weighted by molar-refractivity contribution is 7.89. The molecule has 0 atom stereocenters. The van der Waals surface area contributed by atoms with Gasteiger partial charge in [-0.25, -0.2) is 8.42 Å². The Bertz CT molecular complexity index is 944. The van der Waals surface area contributed by atoms with Crippen molar-refractivity contribution in [2.45, 2.75) is 44.4 Å². The van der Waals surface area contributed by atoms with E-state index in [1.165, 1.54) is 6.08 Å². The number of benzene rings is 2. The third kappa shape index (κ3) is 7.52. The maximum absolute atomic E-state index is 13.0. The first-order valence-corrected chi connectivity index (χ1v) is 12.1. The van der Waals surface area contributed by atoms with E-state index in [9.17, 15) is 13.2 Å². The molecule has 2 rings (SSSR count). The average molecular weight is 445 g/mol. The van der Waals surface area contributed by atoms with Crippen molar-refractivity contribution in [3.8, 4) is 5.75 Å². The van der Waals surface area contributed by atoms with Crippen LogP contribution in [0, 0.1) is 0 Å². The van der Waals surface area contributed by atoms with Crippen molar-refractivity contribution in [3.63, 3.8) is 0 Å². The average Bonchev–Trinajstić information content (AvgIpc) is 2.78. The third-order valence-corrected chi connectivity index (χ3v) is 6.74. The second-order valence-electron chi connectivity index (χ2n) is 7.23. The monoisotopic (exact) mass is 444 g/mol. The predicted molar refractivity (Wildman–Crippen MR) is 126 cm³/mol. The summed E-state index contributed by atoms with van der Waals surface area (Å²) in [5.41, 5.74) is 1.41. The van der Waals surface area contributed by atoms with Gasteiger partial charge >= 0.3 is 0 Å². The molecular weight excluding hydrogens is 412 g/mol. The zero-order chi connectivity index (χ0) is 22.7. The van der Waals surface area contributed by atoms with E-state index >= 15 is 0 Å². The molecule has 1 amide bonds. The summed E-state index contributed by atoms with van der Waals surface area (Å²) in [5.74, 6) is 0.457. The van der Waals surface area contributed by atoms with E-state index in [-0.39, 0.29) is 10.8 Å². The molecule has 0 radical (unpaired) electrons. The molecule has 0 saturated heterocycles. The SMILES string of the molecule is CCCCN(CCCC)S(=O)(=O)c1ccc(NC(=O)C=Cc2ccc(OC)cc2)cc1. The van der Waals surface area contributed by atoms with Crippen molar-refractivity contribution in [3.05, 3.63) is 60.2 Å². The molecule has 0 saturated carbocycles. The summed E-state index contributed by atoms with van der Waals surface area (Å²) < 4.78 is 32.7. The van der Waals surface area contributed by atoms with Gasteiger partial charge in [0.05, 0.1) is 12.0 Å². The highest BCUT2D eigenvalue weighted by Crippen LogP contribution is 2.20. The van der Waals surface area contributed by atoms with Crippen molar-refractivity contribution >= 4 is 27.7 Å². The molecule has 0 unspecified atom stereocenters. The molecule has 0 bridgehead atoms. The lowest BCUT2D eigenvalue weighted by Crippen LogP contribution is -2.33. The number of carbonyl (C=O) groups excluding carboxylic acids is 1. The van der Waals surface area contributed by atoms with Crippen LogP contribution in [0.3, 0.4) is 0 Å². The van der Waals surface area contributed by atoms with Gasteiger partial charge in [0.1, 0.15) is 5.75 Å². The van der Waals surface area contributed by atoms with Gasteiger partial charge in [-0.1, -0.05) is 38.8 Å². The summed E-state index contributed by atoms with van der Waals surface area (Å²) in [6.45, 7) is 5.14. The first-order chi connectivity index (χ1) is 14.9. The fourth-order valence-electron chi connectivity index (χ4n) is 2.95. The molecule has 2 aromatic rings. The topological polar surface area (TPSA) is 75.7 Å². The highest BCUT2D eigenvalue weighted by atomic mass is 32.2. The lowest BCUT2D eigenvalue weighted by molar-refractivity contribution is -0.111.